The Hall–Kier alpha value is -0.860. The van der Waals surface area contributed by atoms with E-state index >= 15 is 0 Å². The van der Waals surface area contributed by atoms with Crippen molar-refractivity contribution in [2.24, 2.45) is 5.73 Å². The van der Waals surface area contributed by atoms with E-state index in [4.69, 9.17) is 10.8 Å². The molecule has 1 atom stereocenters. The van der Waals surface area contributed by atoms with Crippen molar-refractivity contribution in [3.63, 3.8) is 0 Å². The van der Waals surface area contributed by atoms with Crippen LogP contribution < -0.4 is 5.73 Å². The molecule has 0 spiro atoms. The maximum absolute atomic E-state index is 9.16. The molecular formula is C13H21NO. The summed E-state index contributed by atoms with van der Waals surface area (Å²) in [6, 6.07) is -0.261. The van der Waals surface area contributed by atoms with Crippen molar-refractivity contribution in [2.45, 2.75) is 40.7 Å². The van der Waals surface area contributed by atoms with Crippen LogP contribution in [-0.2, 0) is 0 Å². The Morgan fingerprint density at radius 2 is 1.20 bits per heavy atom. The number of nitrogens with two attached hydrogens (primary N) is 1. The second-order valence-corrected chi connectivity index (χ2v) is 4.33. The zero-order valence-corrected chi connectivity index (χ0v) is 10.3. The van der Waals surface area contributed by atoms with Gasteiger partial charge in [-0.15, -0.1) is 0 Å². The Labute approximate surface area is 92.1 Å². The molecule has 84 valence electrons. The van der Waals surface area contributed by atoms with E-state index in [2.05, 4.69) is 34.6 Å². The van der Waals surface area contributed by atoms with Crippen molar-refractivity contribution in [1.82, 2.24) is 0 Å². The highest BCUT2D eigenvalue weighted by Gasteiger charge is 2.16. The number of aliphatic hydroxyl groups is 1. The number of rotatable bonds is 2. The number of hydrogen-bond donors (Lipinski definition) is 2. The summed E-state index contributed by atoms with van der Waals surface area (Å²) >= 11 is 0. The van der Waals surface area contributed by atoms with Gasteiger partial charge >= 0.3 is 0 Å². The molecule has 0 aromatic heterocycles. The maximum Gasteiger partial charge on any atom is 0.0624 e. The van der Waals surface area contributed by atoms with Gasteiger partial charge in [-0.25, -0.2) is 0 Å². The van der Waals surface area contributed by atoms with Crippen molar-refractivity contribution >= 4 is 0 Å². The van der Waals surface area contributed by atoms with Crippen LogP contribution in [0.3, 0.4) is 0 Å². The van der Waals surface area contributed by atoms with Crippen molar-refractivity contribution in [2.75, 3.05) is 6.61 Å². The third-order valence-electron chi connectivity index (χ3n) is 3.63. The lowest BCUT2D eigenvalue weighted by Crippen LogP contribution is -2.19. The van der Waals surface area contributed by atoms with E-state index in [0.717, 1.165) is 5.56 Å². The number of benzene rings is 1. The molecule has 0 amide bonds. The topological polar surface area (TPSA) is 46.2 Å². The molecule has 0 radical (unpaired) electrons. The lowest BCUT2D eigenvalue weighted by Gasteiger charge is -2.21. The molecule has 1 aromatic rings. The minimum absolute atomic E-state index is 0.00359. The van der Waals surface area contributed by atoms with Crippen molar-refractivity contribution < 1.29 is 5.11 Å². The predicted octanol–water partition coefficient (Wildman–Crippen LogP) is 2.22. The second-order valence-electron chi connectivity index (χ2n) is 4.33. The molecule has 1 aromatic carbocycles. The van der Waals surface area contributed by atoms with Crippen LogP contribution in [0, 0.1) is 34.6 Å². The lowest BCUT2D eigenvalue weighted by atomic mass is 9.87. The van der Waals surface area contributed by atoms with Crippen LogP contribution in [0.1, 0.15) is 39.4 Å². The first-order valence-corrected chi connectivity index (χ1v) is 5.35. The first-order chi connectivity index (χ1) is 6.91. The third-order valence-corrected chi connectivity index (χ3v) is 3.63. The van der Waals surface area contributed by atoms with Gasteiger partial charge in [-0.3, -0.25) is 0 Å². The Bertz CT molecular complexity index is 354. The van der Waals surface area contributed by atoms with Gasteiger partial charge in [0.2, 0.25) is 0 Å². The second kappa shape index (κ2) is 4.33. The fraction of sp³-hybridized carbons (Fsp3) is 0.538. The smallest absolute Gasteiger partial charge is 0.0624 e. The van der Waals surface area contributed by atoms with Crippen LogP contribution in [0.15, 0.2) is 0 Å². The van der Waals surface area contributed by atoms with E-state index in [0.29, 0.717) is 0 Å². The molecule has 2 heteroatoms. The van der Waals surface area contributed by atoms with E-state index in [1.54, 1.807) is 0 Å². The van der Waals surface area contributed by atoms with Gasteiger partial charge < -0.3 is 10.8 Å². The van der Waals surface area contributed by atoms with Crippen molar-refractivity contribution in [1.29, 1.82) is 0 Å². The van der Waals surface area contributed by atoms with Crippen LogP contribution >= 0.6 is 0 Å². The Morgan fingerprint density at radius 3 is 1.53 bits per heavy atom. The Kier molecular flexibility index (Phi) is 3.53. The summed E-state index contributed by atoms with van der Waals surface area (Å²) in [4.78, 5) is 0. The highest BCUT2D eigenvalue weighted by atomic mass is 16.3. The molecule has 2 nitrogen and oxygen atoms in total. The first-order valence-electron chi connectivity index (χ1n) is 5.35. The monoisotopic (exact) mass is 207 g/mol. The van der Waals surface area contributed by atoms with Crippen molar-refractivity contribution in [3.8, 4) is 0 Å². The van der Waals surface area contributed by atoms with Gasteiger partial charge in [-0.1, -0.05) is 0 Å². The molecule has 0 saturated carbocycles. The third kappa shape index (κ3) is 1.92. The fourth-order valence-electron chi connectivity index (χ4n) is 2.18. The van der Waals surface area contributed by atoms with E-state index in [1.807, 2.05) is 0 Å². The Balaban J connectivity index is 3.52. The highest BCUT2D eigenvalue weighted by molar-refractivity contribution is 5.50. The van der Waals surface area contributed by atoms with Gasteiger partial charge in [0.1, 0.15) is 0 Å². The summed E-state index contributed by atoms with van der Waals surface area (Å²) < 4.78 is 0. The average Bonchev–Trinajstić information content (AvgIpc) is 2.23. The number of hydrogen-bond acceptors (Lipinski definition) is 2. The Morgan fingerprint density at radius 1 is 0.867 bits per heavy atom. The van der Waals surface area contributed by atoms with Gasteiger partial charge in [0.05, 0.1) is 12.6 Å². The fourth-order valence-corrected chi connectivity index (χ4v) is 2.18. The summed E-state index contributed by atoms with van der Waals surface area (Å²) in [5.41, 5.74) is 13.4. The molecule has 0 saturated heterocycles. The largest absolute Gasteiger partial charge is 0.394 e. The molecule has 0 aliphatic rings. The maximum atomic E-state index is 9.16. The van der Waals surface area contributed by atoms with E-state index in [1.165, 1.54) is 27.8 Å². The van der Waals surface area contributed by atoms with Gasteiger partial charge in [-0.05, 0) is 68.0 Å². The summed E-state index contributed by atoms with van der Waals surface area (Å²) in [6.07, 6.45) is 0. The SMILES string of the molecule is Cc1c(C)c(C)c(C(N)CO)c(C)c1C. The molecular weight excluding hydrogens is 186 g/mol. The molecule has 0 aliphatic heterocycles. The van der Waals surface area contributed by atoms with Gasteiger partial charge in [0.25, 0.3) is 0 Å². The standard InChI is InChI=1S/C13H21NO/c1-7-8(2)10(4)13(12(14)6-15)11(5)9(7)3/h12,15H,6,14H2,1-5H3. The van der Waals surface area contributed by atoms with Crippen LogP contribution in [0.2, 0.25) is 0 Å². The molecule has 1 rings (SSSR count). The van der Waals surface area contributed by atoms with Gasteiger partial charge in [0.15, 0.2) is 0 Å². The molecule has 0 aliphatic carbocycles. The van der Waals surface area contributed by atoms with Crippen molar-refractivity contribution in [3.05, 3.63) is 33.4 Å². The number of aliphatic hydroxyl groups excluding tert-OH is 1. The van der Waals surface area contributed by atoms with Gasteiger partial charge in [-0.2, -0.15) is 0 Å². The van der Waals surface area contributed by atoms with Crippen LogP contribution in [-0.4, -0.2) is 11.7 Å². The lowest BCUT2D eigenvalue weighted by molar-refractivity contribution is 0.267. The zero-order valence-electron chi connectivity index (χ0n) is 10.3. The normalized spacial score (nSPS) is 13.0. The highest BCUT2D eigenvalue weighted by Crippen LogP contribution is 2.29. The van der Waals surface area contributed by atoms with E-state index in [-0.39, 0.29) is 12.6 Å². The zero-order chi connectivity index (χ0) is 11.7. The molecule has 0 bridgehead atoms. The summed E-state index contributed by atoms with van der Waals surface area (Å²) in [7, 11) is 0. The van der Waals surface area contributed by atoms with Crippen LogP contribution in [0.4, 0.5) is 0 Å². The quantitative estimate of drug-likeness (QED) is 0.781. The molecule has 1 unspecified atom stereocenters. The van der Waals surface area contributed by atoms with Crippen LogP contribution in [0.5, 0.6) is 0 Å². The summed E-state index contributed by atoms with van der Waals surface area (Å²) in [5, 5.41) is 9.16. The minimum Gasteiger partial charge on any atom is -0.394 e. The molecule has 0 heterocycles. The van der Waals surface area contributed by atoms with E-state index in [9.17, 15) is 0 Å². The first kappa shape index (κ1) is 12.2. The molecule has 0 fully saturated rings. The van der Waals surface area contributed by atoms with Gasteiger partial charge in [0, 0.05) is 0 Å². The molecule has 15 heavy (non-hydrogen) atoms. The average molecular weight is 207 g/mol. The molecule has 3 N–H and O–H groups in total. The summed E-state index contributed by atoms with van der Waals surface area (Å²) in [5.74, 6) is 0. The minimum atomic E-state index is -0.261. The predicted molar refractivity (Wildman–Crippen MR) is 64.1 cm³/mol. The summed E-state index contributed by atoms with van der Waals surface area (Å²) in [6.45, 7) is 10.5. The van der Waals surface area contributed by atoms with E-state index < -0.39 is 0 Å². The van der Waals surface area contributed by atoms with Crippen LogP contribution in [0.25, 0.3) is 0 Å².